The van der Waals surface area contributed by atoms with E-state index in [2.05, 4.69) is 25.1 Å². The lowest BCUT2D eigenvalue weighted by Crippen LogP contribution is -2.33. The molecule has 0 amide bonds. The molecule has 1 saturated carbocycles. The van der Waals surface area contributed by atoms with Crippen LogP contribution in [0.15, 0.2) is 18.2 Å². The molecule has 1 N–H and O–H groups in total. The summed E-state index contributed by atoms with van der Waals surface area (Å²) in [6, 6.07) is 6.89. The highest BCUT2D eigenvalue weighted by atomic mass is 16.5. The van der Waals surface area contributed by atoms with Crippen molar-refractivity contribution in [3.05, 3.63) is 34.9 Å². The molecule has 0 aromatic heterocycles. The fourth-order valence-electron chi connectivity index (χ4n) is 4.67. The standard InChI is InChI=1S/C24H36O3/c1-4-5-12-24(2,3)23(26)27-22-11-10-20-14-19(8-9-21(20)15-22)18-7-6-17(13-18)16-25/h8-9,14,17-18,22,25H,4-7,10-13,15-16H2,1-3H3. The molecule has 150 valence electrons. The Kier molecular flexibility index (Phi) is 6.62. The summed E-state index contributed by atoms with van der Waals surface area (Å²) in [5.74, 6) is 1.04. The lowest BCUT2D eigenvalue weighted by molar-refractivity contribution is -0.160. The average molecular weight is 373 g/mol. The lowest BCUT2D eigenvalue weighted by atomic mass is 9.85. The molecule has 0 heterocycles. The monoisotopic (exact) mass is 372 g/mol. The first-order valence-corrected chi connectivity index (χ1v) is 10.9. The Bertz CT molecular complexity index is 649. The first-order chi connectivity index (χ1) is 12.9. The molecule has 0 aliphatic heterocycles. The molecule has 3 atom stereocenters. The van der Waals surface area contributed by atoms with E-state index in [0.717, 1.165) is 51.4 Å². The third-order valence-electron chi connectivity index (χ3n) is 6.67. The number of esters is 1. The van der Waals surface area contributed by atoms with Crippen molar-refractivity contribution in [3.8, 4) is 0 Å². The fourth-order valence-corrected chi connectivity index (χ4v) is 4.67. The van der Waals surface area contributed by atoms with Gasteiger partial charge in [-0.15, -0.1) is 0 Å². The van der Waals surface area contributed by atoms with Crippen LogP contribution in [0.4, 0.5) is 0 Å². The highest BCUT2D eigenvalue weighted by Gasteiger charge is 2.32. The second-order valence-electron chi connectivity index (χ2n) is 9.34. The summed E-state index contributed by atoms with van der Waals surface area (Å²) in [6.07, 6.45) is 9.29. The molecule has 1 aromatic rings. The number of hydrogen-bond donors (Lipinski definition) is 1. The minimum Gasteiger partial charge on any atom is -0.462 e. The minimum absolute atomic E-state index is 0.0157. The van der Waals surface area contributed by atoms with Gasteiger partial charge in [0.15, 0.2) is 0 Å². The Hall–Kier alpha value is -1.35. The van der Waals surface area contributed by atoms with Gasteiger partial charge in [0.1, 0.15) is 6.10 Å². The summed E-state index contributed by atoms with van der Waals surface area (Å²) < 4.78 is 5.90. The Morgan fingerprint density at radius 1 is 1.22 bits per heavy atom. The zero-order valence-electron chi connectivity index (χ0n) is 17.3. The zero-order chi connectivity index (χ0) is 19.4. The van der Waals surface area contributed by atoms with Crippen LogP contribution in [0.1, 0.15) is 88.3 Å². The van der Waals surface area contributed by atoms with Gasteiger partial charge in [0.25, 0.3) is 0 Å². The number of aliphatic hydroxyl groups excluding tert-OH is 1. The third-order valence-corrected chi connectivity index (χ3v) is 6.67. The van der Waals surface area contributed by atoms with Gasteiger partial charge in [-0.3, -0.25) is 4.79 Å². The van der Waals surface area contributed by atoms with Crippen LogP contribution in [0.2, 0.25) is 0 Å². The van der Waals surface area contributed by atoms with Crippen LogP contribution >= 0.6 is 0 Å². The van der Waals surface area contributed by atoms with Crippen LogP contribution in [0.25, 0.3) is 0 Å². The predicted molar refractivity (Wildman–Crippen MR) is 109 cm³/mol. The van der Waals surface area contributed by atoms with Gasteiger partial charge >= 0.3 is 5.97 Å². The fraction of sp³-hybridized carbons (Fsp3) is 0.708. The van der Waals surface area contributed by atoms with Gasteiger partial charge in [0.05, 0.1) is 5.41 Å². The molecule has 2 aliphatic carbocycles. The van der Waals surface area contributed by atoms with Crippen molar-refractivity contribution < 1.29 is 14.6 Å². The predicted octanol–water partition coefficient (Wildman–Crippen LogP) is 5.18. The SMILES string of the molecule is CCCCC(C)(C)C(=O)OC1CCc2cc(C3CCC(CO)C3)ccc2C1. The summed E-state index contributed by atoms with van der Waals surface area (Å²) in [4.78, 5) is 12.6. The van der Waals surface area contributed by atoms with Gasteiger partial charge in [-0.1, -0.05) is 38.0 Å². The van der Waals surface area contributed by atoms with E-state index in [4.69, 9.17) is 4.74 Å². The maximum Gasteiger partial charge on any atom is 0.311 e. The first-order valence-electron chi connectivity index (χ1n) is 10.9. The van der Waals surface area contributed by atoms with Gasteiger partial charge in [-0.25, -0.2) is 0 Å². The lowest BCUT2D eigenvalue weighted by Gasteiger charge is -2.30. The molecule has 2 aliphatic rings. The number of hydrogen-bond acceptors (Lipinski definition) is 3. The number of rotatable bonds is 7. The van der Waals surface area contributed by atoms with E-state index >= 15 is 0 Å². The van der Waals surface area contributed by atoms with Crippen molar-refractivity contribution >= 4 is 5.97 Å². The normalized spacial score (nSPS) is 25.3. The average Bonchev–Trinajstić information content (AvgIpc) is 3.15. The van der Waals surface area contributed by atoms with Crippen molar-refractivity contribution in [3.63, 3.8) is 0 Å². The van der Waals surface area contributed by atoms with E-state index in [0.29, 0.717) is 18.4 Å². The van der Waals surface area contributed by atoms with Crippen LogP contribution in [-0.4, -0.2) is 23.8 Å². The molecule has 3 nitrogen and oxygen atoms in total. The highest BCUT2D eigenvalue weighted by Crippen LogP contribution is 2.39. The molecule has 1 aromatic carbocycles. The van der Waals surface area contributed by atoms with E-state index < -0.39 is 0 Å². The smallest absolute Gasteiger partial charge is 0.311 e. The number of ether oxygens (including phenoxy) is 1. The Labute approximate surface area is 164 Å². The maximum absolute atomic E-state index is 12.6. The van der Waals surface area contributed by atoms with Crippen molar-refractivity contribution in [2.75, 3.05) is 6.61 Å². The zero-order valence-corrected chi connectivity index (χ0v) is 17.3. The number of carbonyl (C=O) groups is 1. The molecule has 1 fully saturated rings. The van der Waals surface area contributed by atoms with Gasteiger partial charge in [0.2, 0.25) is 0 Å². The van der Waals surface area contributed by atoms with Crippen molar-refractivity contribution in [1.82, 2.24) is 0 Å². The molecule has 0 radical (unpaired) electrons. The van der Waals surface area contributed by atoms with Crippen molar-refractivity contribution in [2.24, 2.45) is 11.3 Å². The van der Waals surface area contributed by atoms with Gasteiger partial charge in [-0.05, 0) is 80.9 Å². The van der Waals surface area contributed by atoms with Crippen LogP contribution < -0.4 is 0 Å². The first kappa shape index (κ1) is 20.4. The second kappa shape index (κ2) is 8.77. The highest BCUT2D eigenvalue weighted by molar-refractivity contribution is 5.76. The Balaban J connectivity index is 1.59. The van der Waals surface area contributed by atoms with E-state index in [-0.39, 0.29) is 17.5 Å². The van der Waals surface area contributed by atoms with E-state index in [1.54, 1.807) is 0 Å². The molecular formula is C24H36O3. The van der Waals surface area contributed by atoms with Gasteiger partial charge in [0, 0.05) is 13.0 Å². The summed E-state index contributed by atoms with van der Waals surface area (Å²) in [5, 5.41) is 9.39. The molecule has 0 bridgehead atoms. The maximum atomic E-state index is 12.6. The van der Waals surface area contributed by atoms with Gasteiger partial charge < -0.3 is 9.84 Å². The molecule has 27 heavy (non-hydrogen) atoms. The Morgan fingerprint density at radius 2 is 2.04 bits per heavy atom. The number of benzene rings is 1. The summed E-state index contributed by atoms with van der Waals surface area (Å²) in [7, 11) is 0. The molecule has 0 saturated heterocycles. The van der Waals surface area contributed by atoms with E-state index in [1.165, 1.54) is 23.1 Å². The van der Waals surface area contributed by atoms with E-state index in [1.807, 2.05) is 13.8 Å². The largest absolute Gasteiger partial charge is 0.462 e. The summed E-state index contributed by atoms with van der Waals surface area (Å²) in [5.41, 5.74) is 3.82. The summed E-state index contributed by atoms with van der Waals surface area (Å²) in [6.45, 7) is 6.50. The number of carbonyl (C=O) groups excluding carboxylic acids is 1. The molecule has 3 heteroatoms. The molecule has 3 rings (SSSR count). The minimum atomic E-state index is -0.383. The van der Waals surface area contributed by atoms with Crippen LogP contribution in [0.3, 0.4) is 0 Å². The van der Waals surface area contributed by atoms with E-state index in [9.17, 15) is 9.90 Å². The molecular weight excluding hydrogens is 336 g/mol. The number of aliphatic hydroxyl groups is 1. The number of unbranched alkanes of at least 4 members (excludes halogenated alkanes) is 1. The van der Waals surface area contributed by atoms with Crippen molar-refractivity contribution in [1.29, 1.82) is 0 Å². The molecule has 3 unspecified atom stereocenters. The number of aryl methyl sites for hydroxylation is 1. The Morgan fingerprint density at radius 3 is 2.74 bits per heavy atom. The topological polar surface area (TPSA) is 46.5 Å². The number of fused-ring (bicyclic) bond motifs is 1. The molecule has 0 spiro atoms. The van der Waals surface area contributed by atoms with Crippen LogP contribution in [0.5, 0.6) is 0 Å². The van der Waals surface area contributed by atoms with Crippen LogP contribution in [0, 0.1) is 11.3 Å². The third kappa shape index (κ3) is 4.93. The van der Waals surface area contributed by atoms with Crippen LogP contribution in [-0.2, 0) is 22.4 Å². The van der Waals surface area contributed by atoms with Crippen molar-refractivity contribution in [2.45, 2.75) is 90.6 Å². The second-order valence-corrected chi connectivity index (χ2v) is 9.34. The van der Waals surface area contributed by atoms with Gasteiger partial charge in [-0.2, -0.15) is 0 Å². The quantitative estimate of drug-likeness (QED) is 0.671. The summed E-state index contributed by atoms with van der Waals surface area (Å²) >= 11 is 0.